The van der Waals surface area contributed by atoms with Crippen molar-refractivity contribution in [2.75, 3.05) is 19.5 Å². The molecule has 1 aliphatic rings. The van der Waals surface area contributed by atoms with Gasteiger partial charge in [0.2, 0.25) is 5.91 Å². The number of ether oxygens (including phenoxy) is 2. The first-order valence-electron chi connectivity index (χ1n) is 8.99. The molecule has 0 heterocycles. The Labute approximate surface area is 163 Å². The third kappa shape index (κ3) is 4.68. The Kier molecular flexibility index (Phi) is 5.93. The minimum Gasteiger partial charge on any atom is -0.493 e. The quantitative estimate of drug-likeness (QED) is 0.569. The fraction of sp³-hybridized carbons (Fsp3) is 0.286. The predicted molar refractivity (Wildman–Crippen MR) is 107 cm³/mol. The Morgan fingerprint density at radius 1 is 1.00 bits per heavy atom. The molecule has 0 aromatic heterocycles. The lowest BCUT2D eigenvalue weighted by Gasteiger charge is -2.09. The number of amides is 2. The van der Waals surface area contributed by atoms with Crippen molar-refractivity contribution in [3.05, 3.63) is 53.6 Å². The normalized spacial score (nSPS) is 13.6. The maximum atomic E-state index is 12.4. The summed E-state index contributed by atoms with van der Waals surface area (Å²) in [5.74, 6) is 0.838. The molecule has 7 nitrogen and oxygen atoms in total. The van der Waals surface area contributed by atoms with E-state index in [2.05, 4.69) is 15.8 Å². The number of carbonyl (C=O) groups is 2. The molecule has 2 aromatic carbocycles. The topological polar surface area (TPSA) is 89.0 Å². The first kappa shape index (κ1) is 19.4. The molecule has 2 amide bonds. The van der Waals surface area contributed by atoms with Crippen LogP contribution in [0.3, 0.4) is 0 Å². The molecule has 0 bridgehead atoms. The molecule has 0 atom stereocenters. The van der Waals surface area contributed by atoms with Gasteiger partial charge in [-0.15, -0.1) is 0 Å². The summed E-state index contributed by atoms with van der Waals surface area (Å²) in [5, 5.41) is 7.08. The third-order valence-electron chi connectivity index (χ3n) is 4.47. The summed E-state index contributed by atoms with van der Waals surface area (Å²) in [6.45, 7) is 1.79. The average Bonchev–Trinajstić information content (AvgIpc) is 3.56. The SMILES string of the molecule is COc1ccc(C(=O)N/N=C(\C)c2cccc(NC(=O)C3CC3)c2)cc1OC. The van der Waals surface area contributed by atoms with Crippen LogP contribution in [0.15, 0.2) is 47.6 Å². The van der Waals surface area contributed by atoms with Gasteiger partial charge in [-0.3, -0.25) is 9.59 Å². The van der Waals surface area contributed by atoms with Gasteiger partial charge in [-0.2, -0.15) is 5.10 Å². The molecule has 2 N–H and O–H groups in total. The summed E-state index contributed by atoms with van der Waals surface area (Å²) in [5.41, 5.74) is 5.09. The molecule has 1 saturated carbocycles. The lowest BCUT2D eigenvalue weighted by molar-refractivity contribution is -0.117. The van der Waals surface area contributed by atoms with Gasteiger partial charge in [0, 0.05) is 17.2 Å². The van der Waals surface area contributed by atoms with Gasteiger partial charge in [0.25, 0.3) is 5.91 Å². The van der Waals surface area contributed by atoms with Crippen LogP contribution >= 0.6 is 0 Å². The van der Waals surface area contributed by atoms with Crippen LogP contribution in [0.1, 0.15) is 35.7 Å². The van der Waals surface area contributed by atoms with Crippen molar-refractivity contribution in [2.24, 2.45) is 11.0 Å². The van der Waals surface area contributed by atoms with E-state index in [0.717, 1.165) is 24.1 Å². The van der Waals surface area contributed by atoms with Crippen LogP contribution < -0.4 is 20.2 Å². The van der Waals surface area contributed by atoms with Gasteiger partial charge in [0.05, 0.1) is 19.9 Å². The summed E-state index contributed by atoms with van der Waals surface area (Å²) in [6, 6.07) is 12.3. The molecule has 0 unspecified atom stereocenters. The maximum absolute atomic E-state index is 12.4. The van der Waals surface area contributed by atoms with E-state index in [4.69, 9.17) is 9.47 Å². The van der Waals surface area contributed by atoms with Gasteiger partial charge in [0.1, 0.15) is 0 Å². The largest absolute Gasteiger partial charge is 0.493 e. The summed E-state index contributed by atoms with van der Waals surface area (Å²) >= 11 is 0. The summed E-state index contributed by atoms with van der Waals surface area (Å²) in [6.07, 6.45) is 1.91. The number of nitrogens with zero attached hydrogens (tertiary/aromatic N) is 1. The second-order valence-electron chi connectivity index (χ2n) is 6.55. The van der Waals surface area contributed by atoms with Crippen molar-refractivity contribution in [1.29, 1.82) is 0 Å². The van der Waals surface area contributed by atoms with E-state index in [1.54, 1.807) is 25.1 Å². The summed E-state index contributed by atoms with van der Waals surface area (Å²) in [4.78, 5) is 24.3. The molecule has 3 rings (SSSR count). The summed E-state index contributed by atoms with van der Waals surface area (Å²) < 4.78 is 10.4. The molecule has 7 heteroatoms. The number of hydrogen-bond acceptors (Lipinski definition) is 5. The Balaban J connectivity index is 1.68. The van der Waals surface area contributed by atoms with E-state index >= 15 is 0 Å². The van der Waals surface area contributed by atoms with Crippen LogP contribution in [0.4, 0.5) is 5.69 Å². The van der Waals surface area contributed by atoms with E-state index in [1.807, 2.05) is 24.3 Å². The second-order valence-corrected chi connectivity index (χ2v) is 6.55. The first-order valence-corrected chi connectivity index (χ1v) is 8.99. The molecule has 146 valence electrons. The van der Waals surface area contributed by atoms with Crippen molar-refractivity contribution in [3.63, 3.8) is 0 Å². The number of nitrogens with one attached hydrogen (secondary N) is 2. The molecule has 1 aliphatic carbocycles. The number of methoxy groups -OCH3 is 2. The Morgan fingerprint density at radius 3 is 2.43 bits per heavy atom. The van der Waals surface area contributed by atoms with E-state index in [9.17, 15) is 9.59 Å². The third-order valence-corrected chi connectivity index (χ3v) is 4.47. The number of rotatable bonds is 7. The summed E-state index contributed by atoms with van der Waals surface area (Å²) in [7, 11) is 3.04. The number of hydrazone groups is 1. The smallest absolute Gasteiger partial charge is 0.271 e. The molecule has 0 radical (unpaired) electrons. The van der Waals surface area contributed by atoms with Gasteiger partial charge in [-0.05, 0) is 55.7 Å². The number of anilines is 1. The van der Waals surface area contributed by atoms with Gasteiger partial charge >= 0.3 is 0 Å². The molecular formula is C21H23N3O4. The van der Waals surface area contributed by atoms with Crippen molar-refractivity contribution in [2.45, 2.75) is 19.8 Å². The molecule has 1 fully saturated rings. The molecular weight excluding hydrogens is 358 g/mol. The van der Waals surface area contributed by atoms with Crippen LogP contribution in [-0.4, -0.2) is 31.7 Å². The minimum atomic E-state index is -0.363. The molecule has 2 aromatic rings. The zero-order chi connectivity index (χ0) is 20.1. The highest BCUT2D eigenvalue weighted by atomic mass is 16.5. The van der Waals surface area contributed by atoms with Crippen LogP contribution in [0.2, 0.25) is 0 Å². The van der Waals surface area contributed by atoms with Crippen LogP contribution in [0.25, 0.3) is 0 Å². The maximum Gasteiger partial charge on any atom is 0.271 e. The van der Waals surface area contributed by atoms with Gasteiger partial charge < -0.3 is 14.8 Å². The van der Waals surface area contributed by atoms with Crippen LogP contribution in [0.5, 0.6) is 11.5 Å². The second kappa shape index (κ2) is 8.56. The minimum absolute atomic E-state index is 0.0495. The van der Waals surface area contributed by atoms with Gasteiger partial charge in [0.15, 0.2) is 11.5 Å². The van der Waals surface area contributed by atoms with Gasteiger partial charge in [-0.25, -0.2) is 5.43 Å². The van der Waals surface area contributed by atoms with E-state index in [1.165, 1.54) is 14.2 Å². The highest BCUT2D eigenvalue weighted by Crippen LogP contribution is 2.30. The number of carbonyl (C=O) groups excluding carboxylic acids is 2. The lowest BCUT2D eigenvalue weighted by Crippen LogP contribution is -2.19. The highest BCUT2D eigenvalue weighted by molar-refractivity contribution is 6.02. The molecule has 0 saturated heterocycles. The van der Waals surface area contributed by atoms with E-state index in [-0.39, 0.29) is 17.7 Å². The molecule has 0 spiro atoms. The van der Waals surface area contributed by atoms with Crippen molar-refractivity contribution in [1.82, 2.24) is 5.43 Å². The standard InChI is InChI=1S/C21H23N3O4/c1-13(15-5-4-6-17(11-15)22-20(25)14-7-8-14)23-24-21(26)16-9-10-18(27-2)19(12-16)28-3/h4-6,9-12,14H,7-8H2,1-3H3,(H,22,25)(H,24,26)/b23-13+. The monoisotopic (exact) mass is 381 g/mol. The Hall–Kier alpha value is -3.35. The van der Waals surface area contributed by atoms with Crippen LogP contribution in [-0.2, 0) is 4.79 Å². The average molecular weight is 381 g/mol. The number of hydrogen-bond donors (Lipinski definition) is 2. The van der Waals surface area contributed by atoms with E-state index in [0.29, 0.717) is 22.8 Å². The zero-order valence-electron chi connectivity index (χ0n) is 16.1. The van der Waals surface area contributed by atoms with Crippen LogP contribution in [0, 0.1) is 5.92 Å². The van der Waals surface area contributed by atoms with E-state index < -0.39 is 0 Å². The number of benzene rings is 2. The van der Waals surface area contributed by atoms with Gasteiger partial charge in [-0.1, -0.05) is 12.1 Å². The molecule has 0 aliphatic heterocycles. The molecule has 28 heavy (non-hydrogen) atoms. The Morgan fingerprint density at radius 2 is 1.75 bits per heavy atom. The fourth-order valence-corrected chi connectivity index (χ4v) is 2.65. The fourth-order valence-electron chi connectivity index (χ4n) is 2.65. The zero-order valence-corrected chi connectivity index (χ0v) is 16.1. The van der Waals surface area contributed by atoms with Crippen molar-refractivity contribution in [3.8, 4) is 11.5 Å². The van der Waals surface area contributed by atoms with Crippen molar-refractivity contribution < 1.29 is 19.1 Å². The predicted octanol–water partition coefficient (Wildman–Crippen LogP) is 3.21. The Bertz CT molecular complexity index is 920. The highest BCUT2D eigenvalue weighted by Gasteiger charge is 2.29. The first-order chi connectivity index (χ1) is 13.5. The lowest BCUT2D eigenvalue weighted by atomic mass is 10.1. The van der Waals surface area contributed by atoms with Crippen molar-refractivity contribution >= 4 is 23.2 Å².